The summed E-state index contributed by atoms with van der Waals surface area (Å²) >= 11 is 0. The molecule has 0 atom stereocenters. The van der Waals surface area contributed by atoms with Gasteiger partial charge in [-0.05, 0) is 41.2 Å². The zero-order valence-corrected chi connectivity index (χ0v) is 20.2. The second-order valence-corrected chi connectivity index (χ2v) is 8.61. The van der Waals surface area contributed by atoms with E-state index in [1.807, 2.05) is 72.8 Å². The Balaban J connectivity index is 1.61. The van der Waals surface area contributed by atoms with Crippen LogP contribution < -0.4 is 5.56 Å². The highest BCUT2D eigenvalue weighted by atomic mass is 16.5. The molecule has 3 aromatic carbocycles. The van der Waals surface area contributed by atoms with Gasteiger partial charge in [0.25, 0.3) is 5.56 Å². The molecule has 0 aliphatic heterocycles. The van der Waals surface area contributed by atoms with Crippen molar-refractivity contribution < 1.29 is 9.53 Å². The van der Waals surface area contributed by atoms with Crippen LogP contribution in [0.3, 0.4) is 0 Å². The van der Waals surface area contributed by atoms with Crippen LogP contribution in [-0.4, -0.2) is 23.0 Å². The highest BCUT2D eigenvalue weighted by Crippen LogP contribution is 2.25. The fourth-order valence-electron chi connectivity index (χ4n) is 4.23. The van der Waals surface area contributed by atoms with Crippen LogP contribution >= 0.6 is 0 Å². The van der Waals surface area contributed by atoms with E-state index < -0.39 is 0 Å². The molecule has 0 fully saturated rings. The fourth-order valence-corrected chi connectivity index (χ4v) is 4.23. The highest BCUT2D eigenvalue weighted by molar-refractivity contribution is 5.97. The minimum atomic E-state index is -0.363. The molecule has 1 heterocycles. The minimum absolute atomic E-state index is 0.0721. The first-order valence-electron chi connectivity index (χ1n) is 12.0. The van der Waals surface area contributed by atoms with E-state index in [0.29, 0.717) is 24.2 Å². The zero-order valence-electron chi connectivity index (χ0n) is 20.2. The number of methoxy groups -OCH3 is 1. The molecule has 35 heavy (non-hydrogen) atoms. The van der Waals surface area contributed by atoms with Crippen molar-refractivity contribution in [1.82, 2.24) is 9.97 Å². The number of hydrogen-bond donors (Lipinski definition) is 1. The number of esters is 1. The van der Waals surface area contributed by atoms with E-state index >= 15 is 0 Å². The molecule has 4 rings (SSSR count). The van der Waals surface area contributed by atoms with Gasteiger partial charge >= 0.3 is 5.97 Å². The molecule has 0 amide bonds. The molecule has 178 valence electrons. The molecule has 0 unspecified atom stereocenters. The van der Waals surface area contributed by atoms with Crippen LogP contribution in [0.15, 0.2) is 83.7 Å². The zero-order chi connectivity index (χ0) is 24.6. The molecule has 0 spiro atoms. The number of benzene rings is 3. The van der Waals surface area contributed by atoms with Crippen LogP contribution in [0, 0.1) is 0 Å². The van der Waals surface area contributed by atoms with Crippen LogP contribution in [0.25, 0.3) is 11.1 Å². The minimum Gasteiger partial charge on any atom is -0.465 e. The third kappa shape index (κ3) is 5.93. The molecule has 4 aromatic rings. The van der Waals surface area contributed by atoms with E-state index in [1.54, 1.807) is 6.07 Å². The summed E-state index contributed by atoms with van der Waals surface area (Å²) in [4.78, 5) is 33.1. The lowest BCUT2D eigenvalue weighted by Crippen LogP contribution is -2.21. The SMILES string of the molecule is CCCCc1nc(Cc2ccccc2)[nH]c(=O)c1Cc1ccc(-c2ccccc2C(=O)OC)cc1. The summed E-state index contributed by atoms with van der Waals surface area (Å²) < 4.78 is 4.92. The first-order chi connectivity index (χ1) is 17.1. The van der Waals surface area contributed by atoms with Gasteiger partial charge in [0, 0.05) is 18.4 Å². The van der Waals surface area contributed by atoms with Crippen LogP contribution in [0.1, 0.15) is 58.3 Å². The Morgan fingerprint density at radius 3 is 2.29 bits per heavy atom. The average Bonchev–Trinajstić information content (AvgIpc) is 2.89. The fraction of sp³-hybridized carbons (Fsp3) is 0.233. The standard InChI is InChI=1S/C30H30N2O3/c1-3-4-14-27-26(29(33)32-28(31-27)20-21-10-6-5-7-11-21)19-22-15-17-23(18-16-22)24-12-8-9-13-25(24)30(34)35-2/h5-13,15-18H,3-4,14,19-20H2,1-2H3,(H,31,32,33). The normalized spacial score (nSPS) is 10.8. The summed E-state index contributed by atoms with van der Waals surface area (Å²) in [5, 5.41) is 0. The monoisotopic (exact) mass is 466 g/mol. The van der Waals surface area contributed by atoms with Gasteiger partial charge in [0.15, 0.2) is 0 Å². The largest absolute Gasteiger partial charge is 0.465 e. The lowest BCUT2D eigenvalue weighted by molar-refractivity contribution is 0.0601. The Morgan fingerprint density at radius 1 is 0.886 bits per heavy atom. The molecule has 0 radical (unpaired) electrons. The van der Waals surface area contributed by atoms with Gasteiger partial charge < -0.3 is 9.72 Å². The molecular weight excluding hydrogens is 436 g/mol. The van der Waals surface area contributed by atoms with Gasteiger partial charge in [0.2, 0.25) is 0 Å². The number of H-pyrrole nitrogens is 1. The number of hydrogen-bond acceptors (Lipinski definition) is 4. The van der Waals surface area contributed by atoms with Crippen molar-refractivity contribution in [1.29, 1.82) is 0 Å². The number of carbonyl (C=O) groups excluding carboxylic acids is 1. The Morgan fingerprint density at radius 2 is 1.57 bits per heavy atom. The summed E-state index contributed by atoms with van der Waals surface area (Å²) in [5.41, 5.74) is 5.93. The molecule has 1 aromatic heterocycles. The number of rotatable bonds is 9. The molecule has 5 heteroatoms. The molecule has 0 aliphatic rings. The Labute approximate surface area is 205 Å². The summed E-state index contributed by atoms with van der Waals surface area (Å²) in [6.45, 7) is 2.14. The average molecular weight is 467 g/mol. The number of nitrogens with one attached hydrogen (secondary N) is 1. The van der Waals surface area contributed by atoms with Crippen molar-refractivity contribution >= 4 is 5.97 Å². The van der Waals surface area contributed by atoms with Gasteiger partial charge in [0.1, 0.15) is 5.82 Å². The number of aromatic nitrogens is 2. The van der Waals surface area contributed by atoms with E-state index in [9.17, 15) is 9.59 Å². The third-order valence-corrected chi connectivity index (χ3v) is 6.11. The number of carbonyl (C=O) groups is 1. The Kier molecular flexibility index (Phi) is 7.88. The molecule has 0 bridgehead atoms. The van der Waals surface area contributed by atoms with Gasteiger partial charge in [-0.25, -0.2) is 9.78 Å². The number of ether oxygens (including phenoxy) is 1. The topological polar surface area (TPSA) is 72.0 Å². The Hall–Kier alpha value is -3.99. The Bertz CT molecular complexity index is 1340. The maximum atomic E-state index is 13.1. The predicted molar refractivity (Wildman–Crippen MR) is 139 cm³/mol. The molecule has 0 aliphatic carbocycles. The van der Waals surface area contributed by atoms with Gasteiger partial charge in [-0.15, -0.1) is 0 Å². The molecule has 0 saturated heterocycles. The smallest absolute Gasteiger partial charge is 0.338 e. The van der Waals surface area contributed by atoms with Crippen LogP contribution in [-0.2, 0) is 24.0 Å². The van der Waals surface area contributed by atoms with Crippen molar-refractivity contribution in [3.8, 4) is 11.1 Å². The van der Waals surface area contributed by atoms with E-state index in [2.05, 4.69) is 11.9 Å². The van der Waals surface area contributed by atoms with Crippen LogP contribution in [0.2, 0.25) is 0 Å². The maximum absolute atomic E-state index is 13.1. The number of unbranched alkanes of at least 4 members (excludes halogenated alkanes) is 1. The summed E-state index contributed by atoms with van der Waals surface area (Å²) in [6, 6.07) is 25.4. The molecule has 5 nitrogen and oxygen atoms in total. The number of nitrogens with zero attached hydrogens (tertiary/aromatic N) is 1. The lowest BCUT2D eigenvalue weighted by atomic mass is 9.96. The summed E-state index contributed by atoms with van der Waals surface area (Å²) in [6.07, 6.45) is 3.91. The van der Waals surface area contributed by atoms with E-state index in [4.69, 9.17) is 9.72 Å². The van der Waals surface area contributed by atoms with Crippen LogP contribution in [0.4, 0.5) is 0 Å². The van der Waals surface area contributed by atoms with E-state index in [0.717, 1.165) is 52.8 Å². The maximum Gasteiger partial charge on any atom is 0.338 e. The van der Waals surface area contributed by atoms with Gasteiger partial charge in [-0.2, -0.15) is 0 Å². The predicted octanol–water partition coefficient (Wildman–Crippen LogP) is 5.75. The molecule has 0 saturated carbocycles. The van der Waals surface area contributed by atoms with Gasteiger partial charge in [-0.3, -0.25) is 4.79 Å². The second-order valence-electron chi connectivity index (χ2n) is 8.61. The highest BCUT2D eigenvalue weighted by Gasteiger charge is 2.15. The van der Waals surface area contributed by atoms with Crippen molar-refractivity contribution in [3.05, 3.63) is 123 Å². The number of aromatic amines is 1. The van der Waals surface area contributed by atoms with Crippen molar-refractivity contribution in [2.75, 3.05) is 7.11 Å². The first-order valence-corrected chi connectivity index (χ1v) is 12.0. The molecular formula is C30H30N2O3. The van der Waals surface area contributed by atoms with Crippen molar-refractivity contribution in [2.45, 2.75) is 39.0 Å². The van der Waals surface area contributed by atoms with Crippen LogP contribution in [0.5, 0.6) is 0 Å². The van der Waals surface area contributed by atoms with E-state index in [-0.39, 0.29) is 11.5 Å². The lowest BCUT2D eigenvalue weighted by Gasteiger charge is -2.12. The quantitative estimate of drug-likeness (QED) is 0.319. The molecule has 1 N–H and O–H groups in total. The summed E-state index contributed by atoms with van der Waals surface area (Å²) in [7, 11) is 1.38. The van der Waals surface area contributed by atoms with Gasteiger partial charge in [-0.1, -0.05) is 86.1 Å². The first kappa shape index (κ1) is 24.1. The third-order valence-electron chi connectivity index (χ3n) is 6.11. The number of aryl methyl sites for hydroxylation is 1. The summed E-state index contributed by atoms with van der Waals surface area (Å²) in [5.74, 6) is 0.337. The van der Waals surface area contributed by atoms with E-state index in [1.165, 1.54) is 7.11 Å². The van der Waals surface area contributed by atoms with Crippen molar-refractivity contribution in [2.24, 2.45) is 0 Å². The van der Waals surface area contributed by atoms with Crippen molar-refractivity contribution in [3.63, 3.8) is 0 Å². The van der Waals surface area contributed by atoms with Gasteiger partial charge in [0.05, 0.1) is 18.4 Å². The second kappa shape index (κ2) is 11.4.